The van der Waals surface area contributed by atoms with Crippen molar-refractivity contribution in [2.75, 3.05) is 6.61 Å². The van der Waals surface area contributed by atoms with Crippen molar-refractivity contribution >= 4 is 34.1 Å². The van der Waals surface area contributed by atoms with Crippen LogP contribution in [0.5, 0.6) is 0 Å². The Hall–Kier alpha value is -2.73. The fourth-order valence-electron chi connectivity index (χ4n) is 4.14. The molecule has 1 amide bonds. The van der Waals surface area contributed by atoms with Crippen LogP contribution in [0.2, 0.25) is 0 Å². The number of carbonyl (C=O) groups excluding carboxylic acids is 2. The molecule has 0 bridgehead atoms. The second-order valence-corrected chi connectivity index (χ2v) is 9.01. The standard InChI is InChI=1S/C24H26N2O3S/c1-15-7-5-10-19(16(15)2)26-23(27)14-29-24(28)18-13-21(22-11-6-12-30-22)25-20-9-4-3-8-17(18)20/h3-4,6,8-9,11-13,15-16,19H,5,7,10,14H2,1-2H3,(H,26,27). The molecule has 3 unspecified atom stereocenters. The van der Waals surface area contributed by atoms with Crippen LogP contribution in [-0.4, -0.2) is 29.5 Å². The third-order valence-corrected chi connectivity index (χ3v) is 6.99. The van der Waals surface area contributed by atoms with Crippen LogP contribution in [0.1, 0.15) is 43.5 Å². The molecule has 2 aromatic heterocycles. The van der Waals surface area contributed by atoms with Crippen molar-refractivity contribution < 1.29 is 14.3 Å². The Kier molecular flexibility index (Phi) is 6.13. The number of aromatic nitrogens is 1. The number of nitrogens with zero attached hydrogens (tertiary/aromatic N) is 1. The fourth-order valence-corrected chi connectivity index (χ4v) is 4.82. The number of para-hydroxylation sites is 1. The number of pyridine rings is 1. The first kappa shape index (κ1) is 20.5. The molecule has 1 aromatic carbocycles. The summed E-state index contributed by atoms with van der Waals surface area (Å²) in [7, 11) is 0. The van der Waals surface area contributed by atoms with Gasteiger partial charge in [-0.25, -0.2) is 9.78 Å². The van der Waals surface area contributed by atoms with E-state index in [-0.39, 0.29) is 18.6 Å². The van der Waals surface area contributed by atoms with Crippen LogP contribution in [0.3, 0.4) is 0 Å². The van der Waals surface area contributed by atoms with Gasteiger partial charge in [-0.2, -0.15) is 0 Å². The van der Waals surface area contributed by atoms with Crippen molar-refractivity contribution in [3.63, 3.8) is 0 Å². The topological polar surface area (TPSA) is 68.3 Å². The van der Waals surface area contributed by atoms with Gasteiger partial charge in [0.05, 0.1) is 21.7 Å². The number of esters is 1. The molecule has 0 saturated heterocycles. The molecular weight excluding hydrogens is 396 g/mol. The third-order valence-electron chi connectivity index (χ3n) is 6.10. The van der Waals surface area contributed by atoms with Crippen molar-refractivity contribution in [1.29, 1.82) is 0 Å². The number of ether oxygens (including phenoxy) is 1. The molecule has 1 saturated carbocycles. The van der Waals surface area contributed by atoms with E-state index in [0.29, 0.717) is 17.4 Å². The Balaban J connectivity index is 1.48. The van der Waals surface area contributed by atoms with Crippen LogP contribution in [0, 0.1) is 11.8 Å². The van der Waals surface area contributed by atoms with Crippen molar-refractivity contribution in [2.45, 2.75) is 39.2 Å². The van der Waals surface area contributed by atoms with Gasteiger partial charge >= 0.3 is 5.97 Å². The molecule has 5 nitrogen and oxygen atoms in total. The lowest BCUT2D eigenvalue weighted by molar-refractivity contribution is -0.125. The number of carbonyl (C=O) groups is 2. The molecule has 3 atom stereocenters. The maximum atomic E-state index is 12.9. The Morgan fingerprint density at radius 1 is 1.17 bits per heavy atom. The van der Waals surface area contributed by atoms with Gasteiger partial charge < -0.3 is 10.1 Å². The van der Waals surface area contributed by atoms with E-state index in [1.165, 1.54) is 6.42 Å². The lowest BCUT2D eigenvalue weighted by Gasteiger charge is -2.34. The summed E-state index contributed by atoms with van der Waals surface area (Å²) in [5.74, 6) is 0.263. The molecule has 4 rings (SSSR count). The first-order chi connectivity index (χ1) is 14.5. The minimum absolute atomic E-state index is 0.145. The highest BCUT2D eigenvalue weighted by atomic mass is 32.1. The summed E-state index contributed by atoms with van der Waals surface area (Å²) in [6, 6.07) is 13.3. The van der Waals surface area contributed by atoms with Crippen molar-refractivity contribution in [2.24, 2.45) is 11.8 Å². The number of hydrogen-bond donors (Lipinski definition) is 1. The Bertz CT molecular complexity index is 1050. The SMILES string of the molecule is CC1CCCC(NC(=O)COC(=O)c2cc(-c3cccs3)nc3ccccc23)C1C. The van der Waals surface area contributed by atoms with Gasteiger partial charge in [0.25, 0.3) is 5.91 Å². The van der Waals surface area contributed by atoms with E-state index < -0.39 is 5.97 Å². The van der Waals surface area contributed by atoms with Crippen molar-refractivity contribution in [1.82, 2.24) is 10.3 Å². The summed E-state index contributed by atoms with van der Waals surface area (Å²) >= 11 is 1.56. The highest BCUT2D eigenvalue weighted by Crippen LogP contribution is 2.30. The van der Waals surface area contributed by atoms with E-state index in [1.807, 2.05) is 41.8 Å². The summed E-state index contributed by atoms with van der Waals surface area (Å²) in [6.45, 7) is 4.13. The van der Waals surface area contributed by atoms with Crippen LogP contribution in [0.4, 0.5) is 0 Å². The maximum Gasteiger partial charge on any atom is 0.339 e. The quantitative estimate of drug-likeness (QED) is 0.584. The molecule has 6 heteroatoms. The highest BCUT2D eigenvalue weighted by Gasteiger charge is 2.28. The molecule has 0 aliphatic heterocycles. The van der Waals surface area contributed by atoms with E-state index >= 15 is 0 Å². The Labute approximate surface area is 180 Å². The molecule has 30 heavy (non-hydrogen) atoms. The second kappa shape index (κ2) is 8.96. The molecule has 156 valence electrons. The first-order valence-corrected chi connectivity index (χ1v) is 11.3. The molecule has 1 aliphatic carbocycles. The smallest absolute Gasteiger partial charge is 0.339 e. The summed E-state index contributed by atoms with van der Waals surface area (Å²) < 4.78 is 5.40. The summed E-state index contributed by atoms with van der Waals surface area (Å²) in [6.07, 6.45) is 3.29. The first-order valence-electron chi connectivity index (χ1n) is 10.4. The summed E-state index contributed by atoms with van der Waals surface area (Å²) in [4.78, 5) is 30.9. The maximum absolute atomic E-state index is 12.9. The van der Waals surface area contributed by atoms with Crippen LogP contribution >= 0.6 is 11.3 Å². The normalized spacial score (nSPS) is 21.3. The Morgan fingerprint density at radius 2 is 2.00 bits per heavy atom. The monoisotopic (exact) mass is 422 g/mol. The van der Waals surface area contributed by atoms with Gasteiger partial charge in [-0.3, -0.25) is 4.79 Å². The van der Waals surface area contributed by atoms with Gasteiger partial charge in [-0.05, 0) is 41.8 Å². The summed E-state index contributed by atoms with van der Waals surface area (Å²) in [5, 5.41) is 5.74. The average molecular weight is 423 g/mol. The number of thiophene rings is 1. The van der Waals surface area contributed by atoms with E-state index in [0.717, 1.165) is 34.3 Å². The van der Waals surface area contributed by atoms with Gasteiger partial charge in [-0.1, -0.05) is 51.0 Å². The second-order valence-electron chi connectivity index (χ2n) is 8.07. The number of rotatable bonds is 5. The molecule has 1 fully saturated rings. The van der Waals surface area contributed by atoms with Crippen LogP contribution in [0.15, 0.2) is 47.8 Å². The van der Waals surface area contributed by atoms with Gasteiger partial charge in [0.1, 0.15) is 0 Å². The van der Waals surface area contributed by atoms with Crippen molar-refractivity contribution in [3.05, 3.63) is 53.4 Å². The van der Waals surface area contributed by atoms with Crippen LogP contribution in [0.25, 0.3) is 21.5 Å². The lowest BCUT2D eigenvalue weighted by Crippen LogP contribution is -2.45. The predicted octanol–water partition coefficient (Wildman–Crippen LogP) is 5.06. The Morgan fingerprint density at radius 3 is 2.80 bits per heavy atom. The van der Waals surface area contributed by atoms with Crippen LogP contribution in [-0.2, 0) is 9.53 Å². The molecule has 1 aliphatic rings. The minimum atomic E-state index is -0.508. The number of amides is 1. The zero-order chi connectivity index (χ0) is 21.1. The van der Waals surface area contributed by atoms with Crippen LogP contribution < -0.4 is 5.32 Å². The largest absolute Gasteiger partial charge is 0.452 e. The number of nitrogens with one attached hydrogen (secondary N) is 1. The van der Waals surface area contributed by atoms with Gasteiger partial charge in [0.15, 0.2) is 6.61 Å². The summed E-state index contributed by atoms with van der Waals surface area (Å²) in [5.41, 5.74) is 1.88. The molecule has 3 aromatic rings. The van der Waals surface area contributed by atoms with Gasteiger partial charge in [0.2, 0.25) is 0 Å². The number of hydrogen-bond acceptors (Lipinski definition) is 5. The molecule has 0 radical (unpaired) electrons. The predicted molar refractivity (Wildman–Crippen MR) is 119 cm³/mol. The van der Waals surface area contributed by atoms with E-state index in [1.54, 1.807) is 17.4 Å². The van der Waals surface area contributed by atoms with E-state index in [9.17, 15) is 9.59 Å². The zero-order valence-corrected chi connectivity index (χ0v) is 18.1. The minimum Gasteiger partial charge on any atom is -0.452 e. The third kappa shape index (κ3) is 4.38. The van der Waals surface area contributed by atoms with E-state index in [4.69, 9.17) is 4.74 Å². The zero-order valence-electron chi connectivity index (χ0n) is 17.3. The molecule has 1 N–H and O–H groups in total. The molecule has 2 heterocycles. The fraction of sp³-hybridized carbons (Fsp3) is 0.375. The van der Waals surface area contributed by atoms with Gasteiger partial charge in [-0.15, -0.1) is 11.3 Å². The molecular formula is C24H26N2O3S. The number of fused-ring (bicyclic) bond motifs is 1. The van der Waals surface area contributed by atoms with E-state index in [2.05, 4.69) is 24.1 Å². The van der Waals surface area contributed by atoms with Gasteiger partial charge in [0, 0.05) is 11.4 Å². The van der Waals surface area contributed by atoms with Crippen molar-refractivity contribution in [3.8, 4) is 10.6 Å². The number of benzene rings is 1. The molecule has 0 spiro atoms. The highest BCUT2D eigenvalue weighted by molar-refractivity contribution is 7.13. The lowest BCUT2D eigenvalue weighted by atomic mass is 9.78. The average Bonchev–Trinajstić information content (AvgIpc) is 3.29.